The molecule has 216 valence electrons. The van der Waals surface area contributed by atoms with E-state index in [4.69, 9.17) is 15.2 Å². The Morgan fingerprint density at radius 2 is 1.36 bits per heavy atom. The molecule has 2 rings (SSSR count). The molecule has 0 unspecified atom stereocenters. The Balaban J connectivity index is 0.00000760. The largest absolute Gasteiger partial charge is 0.494 e. The van der Waals surface area contributed by atoms with Gasteiger partial charge in [0.25, 0.3) is 0 Å². The zero-order valence-electron chi connectivity index (χ0n) is 23.8. The summed E-state index contributed by atoms with van der Waals surface area (Å²) in [6.45, 7) is 6.90. The number of nitrogens with two attached hydrogens (primary N) is 1. The Bertz CT molecular complexity index is 946. The van der Waals surface area contributed by atoms with Gasteiger partial charge < -0.3 is 15.2 Å². The summed E-state index contributed by atoms with van der Waals surface area (Å²) in [5, 5.41) is 12.1. The maximum absolute atomic E-state index is 5.84. The van der Waals surface area contributed by atoms with E-state index in [1.54, 1.807) is 12.4 Å². The highest BCUT2D eigenvalue weighted by atomic mass is 35.5. The predicted molar refractivity (Wildman–Crippen MR) is 168 cm³/mol. The number of guanidine groups is 1. The number of nitrogens with zero attached hydrogens (tertiary/aromatic N) is 3. The van der Waals surface area contributed by atoms with Gasteiger partial charge in [-0.3, -0.25) is 0 Å². The summed E-state index contributed by atoms with van der Waals surface area (Å²) in [6.07, 6.45) is 16.5. The molecule has 8 heteroatoms. The maximum Gasteiger partial charge on any atom is 0.234 e. The molecule has 0 aliphatic carbocycles. The first-order valence-corrected chi connectivity index (χ1v) is 14.3. The van der Waals surface area contributed by atoms with Crippen molar-refractivity contribution in [2.45, 2.75) is 84.5 Å². The molecule has 0 aliphatic heterocycles. The van der Waals surface area contributed by atoms with Crippen LogP contribution in [0.3, 0.4) is 0 Å². The van der Waals surface area contributed by atoms with Crippen LogP contribution in [0.1, 0.15) is 94.7 Å². The first-order valence-electron chi connectivity index (χ1n) is 14.3. The molecule has 2 aromatic rings. The van der Waals surface area contributed by atoms with Crippen LogP contribution in [0.5, 0.6) is 5.75 Å². The molecule has 0 fully saturated rings. The highest BCUT2D eigenvalue weighted by Crippen LogP contribution is 2.13. The lowest BCUT2D eigenvalue weighted by Crippen LogP contribution is -2.26. The zero-order valence-corrected chi connectivity index (χ0v) is 24.6. The maximum atomic E-state index is 5.84. The van der Waals surface area contributed by atoms with Gasteiger partial charge in [0.15, 0.2) is 0 Å². The second-order valence-corrected chi connectivity index (χ2v) is 9.45. The number of hydrogen-bond acceptors (Lipinski definition) is 5. The van der Waals surface area contributed by atoms with Gasteiger partial charge in [-0.15, -0.1) is 17.5 Å². The van der Waals surface area contributed by atoms with Crippen LogP contribution in [0, 0.1) is 0 Å². The Labute approximate surface area is 241 Å². The molecule has 0 saturated carbocycles. The lowest BCUT2D eigenvalue weighted by Gasteiger charge is -2.06. The highest BCUT2D eigenvalue weighted by molar-refractivity contribution is 5.85. The summed E-state index contributed by atoms with van der Waals surface area (Å²) in [5.74, 6) is 0.994. The van der Waals surface area contributed by atoms with Crippen LogP contribution in [0.15, 0.2) is 63.8 Å². The van der Waals surface area contributed by atoms with Gasteiger partial charge in [-0.1, -0.05) is 76.6 Å². The lowest BCUT2D eigenvalue weighted by atomic mass is 10.1. The van der Waals surface area contributed by atoms with E-state index < -0.39 is 0 Å². The van der Waals surface area contributed by atoms with Crippen molar-refractivity contribution >= 4 is 30.8 Å². The smallest absolute Gasteiger partial charge is 0.234 e. The van der Waals surface area contributed by atoms with Crippen LogP contribution in [0.4, 0.5) is 0 Å². The van der Waals surface area contributed by atoms with E-state index in [2.05, 4.69) is 46.7 Å². The lowest BCUT2D eigenvalue weighted by molar-refractivity contribution is 0.127. The molecule has 0 amide bonds. The fourth-order valence-corrected chi connectivity index (χ4v) is 3.73. The van der Waals surface area contributed by atoms with Crippen LogP contribution in [-0.4, -0.2) is 38.2 Å². The summed E-state index contributed by atoms with van der Waals surface area (Å²) in [4.78, 5) is 0. The van der Waals surface area contributed by atoms with E-state index in [0.717, 1.165) is 68.8 Å². The van der Waals surface area contributed by atoms with E-state index in [1.165, 1.54) is 44.1 Å². The normalized spacial score (nSPS) is 11.7. The number of halogens is 1. The number of benzene rings is 2. The molecule has 0 aromatic heterocycles. The van der Waals surface area contributed by atoms with Gasteiger partial charge in [-0.2, -0.15) is 10.2 Å². The van der Waals surface area contributed by atoms with Gasteiger partial charge in [0.1, 0.15) is 5.75 Å². The van der Waals surface area contributed by atoms with Crippen molar-refractivity contribution in [3.8, 4) is 5.75 Å². The van der Waals surface area contributed by atoms with Crippen LogP contribution < -0.4 is 15.9 Å². The molecule has 0 spiro atoms. The minimum absolute atomic E-state index is 0. The van der Waals surface area contributed by atoms with E-state index in [-0.39, 0.29) is 18.4 Å². The van der Waals surface area contributed by atoms with Crippen molar-refractivity contribution in [2.24, 2.45) is 21.0 Å². The number of unbranched alkanes of at least 4 members (excludes halogenated alkanes) is 7. The average Bonchev–Trinajstić information content (AvgIpc) is 2.94. The van der Waals surface area contributed by atoms with Crippen molar-refractivity contribution in [1.82, 2.24) is 5.43 Å². The summed E-state index contributed by atoms with van der Waals surface area (Å²) in [6, 6.07) is 16.1. The third-order valence-electron chi connectivity index (χ3n) is 6.04. The van der Waals surface area contributed by atoms with Crippen molar-refractivity contribution < 1.29 is 9.47 Å². The Morgan fingerprint density at radius 1 is 0.744 bits per heavy atom. The third-order valence-corrected chi connectivity index (χ3v) is 6.04. The van der Waals surface area contributed by atoms with Crippen LogP contribution in [0.2, 0.25) is 0 Å². The van der Waals surface area contributed by atoms with E-state index in [0.29, 0.717) is 0 Å². The van der Waals surface area contributed by atoms with Crippen molar-refractivity contribution in [3.05, 3.63) is 65.2 Å². The van der Waals surface area contributed by atoms with Gasteiger partial charge in [0, 0.05) is 13.2 Å². The molecule has 0 saturated heterocycles. The molecule has 0 heterocycles. The molecule has 0 radical (unpaired) electrons. The van der Waals surface area contributed by atoms with Gasteiger partial charge in [-0.25, -0.2) is 5.43 Å². The van der Waals surface area contributed by atoms with Crippen LogP contribution in [0.25, 0.3) is 0 Å². The molecule has 7 nitrogen and oxygen atoms in total. The van der Waals surface area contributed by atoms with Crippen molar-refractivity contribution in [2.75, 3.05) is 19.8 Å². The van der Waals surface area contributed by atoms with Crippen molar-refractivity contribution in [1.29, 1.82) is 0 Å². The summed E-state index contributed by atoms with van der Waals surface area (Å²) in [7, 11) is 0. The number of rotatable bonds is 20. The standard InChI is InChI=1S/C31H47N5O2.ClH/c1-3-5-7-8-9-11-24-38-30-20-18-29(19-21-30)26-34-36-31(32)35-33-25-28-16-14-27(15-17-28)13-10-12-23-37-22-6-4-2;/h14-21,25-26H,3-13,22-24H2,1-2H3,(H3,32,35,36);1H/b33-25+,34-26+;. The average molecular weight is 558 g/mol. The Hall–Kier alpha value is -2.90. The van der Waals surface area contributed by atoms with E-state index in [1.807, 2.05) is 36.4 Å². The highest BCUT2D eigenvalue weighted by Gasteiger charge is 1.97. The van der Waals surface area contributed by atoms with Gasteiger partial charge in [0.2, 0.25) is 5.96 Å². The Kier molecular flexibility index (Phi) is 20.2. The van der Waals surface area contributed by atoms with Crippen LogP contribution in [-0.2, 0) is 11.2 Å². The topological polar surface area (TPSA) is 93.6 Å². The number of ether oxygens (including phenoxy) is 2. The monoisotopic (exact) mass is 557 g/mol. The fourth-order valence-electron chi connectivity index (χ4n) is 3.73. The van der Waals surface area contributed by atoms with Crippen LogP contribution >= 0.6 is 12.4 Å². The molecule has 3 N–H and O–H groups in total. The summed E-state index contributed by atoms with van der Waals surface area (Å²) >= 11 is 0. The number of nitrogens with one attached hydrogen (secondary N) is 1. The van der Waals surface area contributed by atoms with E-state index in [9.17, 15) is 0 Å². The molecule has 0 bridgehead atoms. The number of aryl methyl sites for hydroxylation is 1. The number of hydrazone groups is 1. The molecule has 0 atom stereocenters. The third kappa shape index (κ3) is 17.3. The number of hydrogen-bond donors (Lipinski definition) is 2. The fraction of sp³-hybridized carbons (Fsp3) is 0.516. The second-order valence-electron chi connectivity index (χ2n) is 9.45. The van der Waals surface area contributed by atoms with Gasteiger partial charge in [0.05, 0.1) is 19.0 Å². The molecular formula is C31H48ClN5O2. The van der Waals surface area contributed by atoms with E-state index >= 15 is 0 Å². The Morgan fingerprint density at radius 3 is 2.10 bits per heavy atom. The first-order chi connectivity index (χ1) is 18.7. The molecule has 0 aliphatic rings. The second kappa shape index (κ2) is 23.0. The minimum atomic E-state index is 0. The zero-order chi connectivity index (χ0) is 27.1. The SMILES string of the molecule is CCCCCCCCOc1ccc(/C=N/NC(N)=N/N=C/c2ccc(CCCCOCCCC)cc2)cc1.Cl. The van der Waals surface area contributed by atoms with Gasteiger partial charge in [-0.05, 0) is 73.1 Å². The molecular weight excluding hydrogens is 510 g/mol. The summed E-state index contributed by atoms with van der Waals surface area (Å²) < 4.78 is 11.4. The van der Waals surface area contributed by atoms with Crippen molar-refractivity contribution in [3.63, 3.8) is 0 Å². The molecule has 39 heavy (non-hydrogen) atoms. The summed E-state index contributed by atoms with van der Waals surface area (Å²) in [5.41, 5.74) is 11.7. The quantitative estimate of drug-likeness (QED) is 0.0775. The minimum Gasteiger partial charge on any atom is -0.494 e. The molecule has 2 aromatic carbocycles. The first kappa shape index (κ1) is 34.1. The predicted octanol–water partition coefficient (Wildman–Crippen LogP) is 7.26. The van der Waals surface area contributed by atoms with Gasteiger partial charge >= 0.3 is 0 Å².